The van der Waals surface area contributed by atoms with E-state index in [1.54, 1.807) is 24.3 Å². The third kappa shape index (κ3) is 5.10. The minimum absolute atomic E-state index is 0.0201. The van der Waals surface area contributed by atoms with Crippen LogP contribution in [-0.4, -0.2) is 39.1 Å². The van der Waals surface area contributed by atoms with Crippen molar-refractivity contribution in [3.05, 3.63) is 41.5 Å². The van der Waals surface area contributed by atoms with Crippen molar-refractivity contribution in [1.82, 2.24) is 0 Å². The molecule has 0 amide bonds. The number of hydrogen-bond acceptors (Lipinski definition) is 6. The Morgan fingerprint density at radius 1 is 1.14 bits per heavy atom. The van der Waals surface area contributed by atoms with Crippen molar-refractivity contribution < 1.29 is 28.6 Å². The summed E-state index contributed by atoms with van der Waals surface area (Å²) in [5.74, 6) is -0.793. The lowest BCUT2D eigenvalue weighted by Crippen LogP contribution is -2.12. The highest BCUT2D eigenvalue weighted by Gasteiger charge is 2.14. The van der Waals surface area contributed by atoms with Gasteiger partial charge in [-0.25, -0.2) is 4.79 Å². The Hall–Kier alpha value is -2.63. The van der Waals surface area contributed by atoms with Crippen LogP contribution in [0.3, 0.4) is 0 Å². The molecule has 0 saturated heterocycles. The standard InChI is InChI=1S/C15H16O6/c1-19-14(17)9-11(15(18)20-2)7-8-21-13-6-4-3-5-12(13)10-16/h3-7,10H,8-9H2,1-2H3/b11-7+. The maximum Gasteiger partial charge on any atom is 0.334 e. The van der Waals surface area contributed by atoms with Gasteiger partial charge in [-0.1, -0.05) is 12.1 Å². The van der Waals surface area contributed by atoms with Crippen LogP contribution >= 0.6 is 0 Å². The lowest BCUT2D eigenvalue weighted by atomic mass is 10.2. The summed E-state index contributed by atoms with van der Waals surface area (Å²) >= 11 is 0. The summed E-state index contributed by atoms with van der Waals surface area (Å²) in [7, 11) is 2.45. The minimum Gasteiger partial charge on any atom is -0.489 e. The predicted molar refractivity (Wildman–Crippen MR) is 74.1 cm³/mol. The van der Waals surface area contributed by atoms with Gasteiger partial charge in [0.2, 0.25) is 0 Å². The molecular formula is C15H16O6. The van der Waals surface area contributed by atoms with Crippen LogP contribution in [0.25, 0.3) is 0 Å². The lowest BCUT2D eigenvalue weighted by molar-refractivity contribution is -0.143. The van der Waals surface area contributed by atoms with E-state index in [9.17, 15) is 14.4 Å². The molecule has 0 aromatic heterocycles. The smallest absolute Gasteiger partial charge is 0.334 e. The summed E-state index contributed by atoms with van der Waals surface area (Å²) in [5, 5.41) is 0. The number of hydrogen-bond donors (Lipinski definition) is 0. The van der Waals surface area contributed by atoms with Gasteiger partial charge in [-0.15, -0.1) is 0 Å². The minimum atomic E-state index is -0.632. The molecule has 21 heavy (non-hydrogen) atoms. The quantitative estimate of drug-likeness (QED) is 0.431. The van der Waals surface area contributed by atoms with Crippen molar-refractivity contribution in [3.8, 4) is 5.75 Å². The van der Waals surface area contributed by atoms with Crippen LogP contribution in [0.15, 0.2) is 35.9 Å². The van der Waals surface area contributed by atoms with E-state index in [1.165, 1.54) is 20.3 Å². The number of benzene rings is 1. The Balaban J connectivity index is 2.76. The van der Waals surface area contributed by atoms with Gasteiger partial charge in [0, 0.05) is 5.57 Å². The van der Waals surface area contributed by atoms with Gasteiger partial charge in [0.1, 0.15) is 12.4 Å². The molecule has 0 N–H and O–H groups in total. The van der Waals surface area contributed by atoms with E-state index in [0.717, 1.165) is 0 Å². The predicted octanol–water partition coefficient (Wildman–Crippen LogP) is 1.54. The Morgan fingerprint density at radius 3 is 2.48 bits per heavy atom. The van der Waals surface area contributed by atoms with Gasteiger partial charge in [0.05, 0.1) is 26.2 Å². The zero-order chi connectivity index (χ0) is 15.7. The number of ether oxygens (including phenoxy) is 3. The average Bonchev–Trinajstić information content (AvgIpc) is 2.53. The van der Waals surface area contributed by atoms with Crippen molar-refractivity contribution in [3.63, 3.8) is 0 Å². The molecule has 1 aromatic carbocycles. The first-order valence-corrected chi connectivity index (χ1v) is 6.13. The Morgan fingerprint density at radius 2 is 1.86 bits per heavy atom. The Bertz CT molecular complexity index is 547. The molecule has 0 heterocycles. The van der Waals surface area contributed by atoms with E-state index in [0.29, 0.717) is 17.6 Å². The maximum absolute atomic E-state index is 11.5. The second-order valence-corrected chi connectivity index (χ2v) is 3.94. The largest absolute Gasteiger partial charge is 0.489 e. The lowest BCUT2D eigenvalue weighted by Gasteiger charge is -2.07. The SMILES string of the molecule is COC(=O)C/C(=C\COc1ccccc1C=O)C(=O)OC. The van der Waals surface area contributed by atoms with Gasteiger partial charge >= 0.3 is 11.9 Å². The van der Waals surface area contributed by atoms with Crippen LogP contribution in [-0.2, 0) is 19.1 Å². The summed E-state index contributed by atoms with van der Waals surface area (Å²) in [6, 6.07) is 6.68. The third-order valence-electron chi connectivity index (χ3n) is 2.62. The van der Waals surface area contributed by atoms with Crippen molar-refractivity contribution in [2.75, 3.05) is 20.8 Å². The summed E-state index contributed by atoms with van der Waals surface area (Å²) in [6.07, 6.45) is 1.89. The van der Waals surface area contributed by atoms with Crippen molar-refractivity contribution in [1.29, 1.82) is 0 Å². The van der Waals surface area contributed by atoms with E-state index in [1.807, 2.05) is 0 Å². The highest BCUT2D eigenvalue weighted by molar-refractivity contribution is 5.93. The molecule has 112 valence electrons. The molecule has 0 atom stereocenters. The fraction of sp³-hybridized carbons (Fsp3) is 0.267. The first kappa shape index (κ1) is 16.4. The number of methoxy groups -OCH3 is 2. The highest BCUT2D eigenvalue weighted by Crippen LogP contribution is 2.16. The molecule has 6 heteroatoms. The van der Waals surface area contributed by atoms with Crippen LogP contribution in [0.2, 0.25) is 0 Å². The Kier molecular flexibility index (Phi) is 6.67. The van der Waals surface area contributed by atoms with Crippen LogP contribution in [0.5, 0.6) is 5.75 Å². The third-order valence-corrected chi connectivity index (χ3v) is 2.62. The average molecular weight is 292 g/mol. The fourth-order valence-corrected chi connectivity index (χ4v) is 1.53. The topological polar surface area (TPSA) is 78.9 Å². The molecule has 0 aliphatic rings. The van der Waals surface area contributed by atoms with Gasteiger partial charge < -0.3 is 14.2 Å². The second-order valence-electron chi connectivity index (χ2n) is 3.94. The van der Waals surface area contributed by atoms with E-state index < -0.39 is 11.9 Å². The fourth-order valence-electron chi connectivity index (χ4n) is 1.53. The normalized spacial score (nSPS) is 10.7. The summed E-state index contributed by atoms with van der Waals surface area (Å²) in [6.45, 7) is 0.0201. The second kappa shape index (κ2) is 8.52. The molecule has 0 fully saturated rings. The van der Waals surface area contributed by atoms with Gasteiger partial charge in [-0.2, -0.15) is 0 Å². The first-order valence-electron chi connectivity index (χ1n) is 6.13. The molecule has 0 radical (unpaired) electrons. The number of rotatable bonds is 7. The number of esters is 2. The summed E-state index contributed by atoms with van der Waals surface area (Å²) in [4.78, 5) is 33.6. The van der Waals surface area contributed by atoms with E-state index in [4.69, 9.17) is 4.74 Å². The molecule has 1 rings (SSSR count). The molecule has 1 aromatic rings. The van der Waals surface area contributed by atoms with Crippen LogP contribution in [0, 0.1) is 0 Å². The molecule has 0 unspecified atom stereocenters. The molecule has 0 spiro atoms. The molecule has 6 nitrogen and oxygen atoms in total. The highest BCUT2D eigenvalue weighted by atomic mass is 16.5. The first-order chi connectivity index (χ1) is 10.1. The van der Waals surface area contributed by atoms with Crippen molar-refractivity contribution in [2.24, 2.45) is 0 Å². The van der Waals surface area contributed by atoms with E-state index in [2.05, 4.69) is 9.47 Å². The molecule has 0 aliphatic heterocycles. The molecule has 0 bridgehead atoms. The number of carbonyl (C=O) groups is 3. The van der Waals surface area contributed by atoms with Crippen LogP contribution < -0.4 is 4.74 Å². The zero-order valence-corrected chi connectivity index (χ0v) is 11.8. The monoisotopic (exact) mass is 292 g/mol. The van der Waals surface area contributed by atoms with E-state index >= 15 is 0 Å². The number of para-hydroxylation sites is 1. The zero-order valence-electron chi connectivity index (χ0n) is 11.8. The molecular weight excluding hydrogens is 276 g/mol. The van der Waals surface area contributed by atoms with E-state index in [-0.39, 0.29) is 18.6 Å². The van der Waals surface area contributed by atoms with Crippen molar-refractivity contribution in [2.45, 2.75) is 6.42 Å². The van der Waals surface area contributed by atoms with Crippen LogP contribution in [0.4, 0.5) is 0 Å². The van der Waals surface area contributed by atoms with Gasteiger partial charge in [0.15, 0.2) is 6.29 Å². The van der Waals surface area contributed by atoms with Crippen LogP contribution in [0.1, 0.15) is 16.8 Å². The maximum atomic E-state index is 11.5. The molecule has 0 saturated carbocycles. The van der Waals surface area contributed by atoms with Gasteiger partial charge in [0.25, 0.3) is 0 Å². The Labute approximate surface area is 122 Å². The van der Waals surface area contributed by atoms with Gasteiger partial charge in [-0.05, 0) is 18.2 Å². The number of carbonyl (C=O) groups excluding carboxylic acids is 3. The number of aldehydes is 1. The molecule has 0 aliphatic carbocycles. The van der Waals surface area contributed by atoms with Crippen molar-refractivity contribution >= 4 is 18.2 Å². The van der Waals surface area contributed by atoms with Gasteiger partial charge in [-0.3, -0.25) is 9.59 Å². The summed E-state index contributed by atoms with van der Waals surface area (Å²) < 4.78 is 14.5. The summed E-state index contributed by atoms with van der Waals surface area (Å²) in [5.41, 5.74) is 0.534.